The maximum atomic E-state index is 13.4. The van der Waals surface area contributed by atoms with E-state index in [1.54, 1.807) is 0 Å². The molecule has 0 aromatic heterocycles. The Balaban J connectivity index is 1.27. The van der Waals surface area contributed by atoms with Crippen LogP contribution in [0, 0.1) is 5.92 Å². The van der Waals surface area contributed by atoms with Crippen LogP contribution in [0.4, 0.5) is 0 Å². The van der Waals surface area contributed by atoms with Crippen LogP contribution in [0.1, 0.15) is 76.2 Å². The van der Waals surface area contributed by atoms with Crippen LogP contribution in [0.25, 0.3) is 0 Å². The molecular weight excluding hydrogens is 402 g/mol. The monoisotopic (exact) mass is 437 g/mol. The Morgan fingerprint density at radius 3 is 2.59 bits per heavy atom. The van der Waals surface area contributed by atoms with E-state index in [4.69, 9.17) is 0 Å². The number of carbonyl (C=O) groups is 2. The maximum absolute atomic E-state index is 13.4. The van der Waals surface area contributed by atoms with Crippen molar-refractivity contribution in [2.75, 3.05) is 0 Å². The average molecular weight is 438 g/mol. The van der Waals surface area contributed by atoms with Crippen LogP contribution in [0.2, 0.25) is 0 Å². The van der Waals surface area contributed by atoms with E-state index in [1.165, 1.54) is 19.3 Å². The number of hydrogen-bond acceptors (Lipinski definition) is 5. The minimum absolute atomic E-state index is 0.0184. The quantitative estimate of drug-likeness (QED) is 0.716. The molecule has 5 rings (SSSR count). The molecule has 0 radical (unpaired) electrons. The molecule has 2 heterocycles. The van der Waals surface area contributed by atoms with Crippen molar-refractivity contribution in [1.29, 1.82) is 0 Å². The van der Waals surface area contributed by atoms with Gasteiger partial charge in [-0.2, -0.15) is 5.10 Å². The third-order valence-corrected chi connectivity index (χ3v) is 7.59. The van der Waals surface area contributed by atoms with Gasteiger partial charge in [-0.25, -0.2) is 0 Å². The van der Waals surface area contributed by atoms with E-state index in [-0.39, 0.29) is 30.1 Å². The number of amidine groups is 1. The van der Waals surface area contributed by atoms with Gasteiger partial charge in [0.15, 0.2) is 6.29 Å². The van der Waals surface area contributed by atoms with Crippen molar-refractivity contribution in [3.8, 4) is 0 Å². The van der Waals surface area contributed by atoms with Gasteiger partial charge in [0, 0.05) is 31.5 Å². The Labute approximate surface area is 190 Å². The molecule has 2 N–H and O–H groups in total. The minimum atomic E-state index is -0.251. The first-order valence-corrected chi connectivity index (χ1v) is 12.4. The molecular formula is C25H35N5O2. The van der Waals surface area contributed by atoms with Gasteiger partial charge in [-0.05, 0) is 31.2 Å². The summed E-state index contributed by atoms with van der Waals surface area (Å²) in [5, 5.41) is 7.86. The predicted octanol–water partition coefficient (Wildman–Crippen LogP) is 3.32. The average Bonchev–Trinajstić information content (AvgIpc) is 3.26. The van der Waals surface area contributed by atoms with Gasteiger partial charge in [-0.15, -0.1) is 0 Å². The summed E-state index contributed by atoms with van der Waals surface area (Å²) in [5.41, 5.74) is 4.36. The first-order chi connectivity index (χ1) is 15.7. The highest BCUT2D eigenvalue weighted by Crippen LogP contribution is 2.38. The van der Waals surface area contributed by atoms with Crippen LogP contribution in [0.3, 0.4) is 0 Å². The van der Waals surface area contributed by atoms with Crippen molar-refractivity contribution in [1.82, 2.24) is 20.5 Å². The lowest BCUT2D eigenvalue weighted by Crippen LogP contribution is -2.67. The zero-order valence-corrected chi connectivity index (χ0v) is 18.8. The number of hydrogen-bond donors (Lipinski definition) is 2. The molecule has 172 valence electrons. The standard InChI is InChI=1S/C25H35N5O2/c31-23(26-19-11-5-2-6-12-19)16-15-22-27-28-25-29(17-18-9-3-1-4-10-18)24(32)20-13-7-8-14-21(20)30(22)25/h1,3-4,9-10,19-21,25,28H,2,5-8,11-17H2,(H,26,31). The first kappa shape index (κ1) is 21.3. The molecule has 3 unspecified atom stereocenters. The van der Waals surface area contributed by atoms with Crippen LogP contribution >= 0.6 is 0 Å². The lowest BCUT2D eigenvalue weighted by molar-refractivity contribution is -0.156. The number of nitrogens with one attached hydrogen (secondary N) is 2. The summed E-state index contributed by atoms with van der Waals surface area (Å²) in [5.74, 6) is 1.30. The fourth-order valence-electron chi connectivity index (χ4n) is 5.95. The van der Waals surface area contributed by atoms with Gasteiger partial charge in [0.2, 0.25) is 11.8 Å². The van der Waals surface area contributed by atoms with Gasteiger partial charge < -0.3 is 10.2 Å². The molecule has 7 nitrogen and oxygen atoms in total. The third kappa shape index (κ3) is 4.34. The Morgan fingerprint density at radius 2 is 1.78 bits per heavy atom. The van der Waals surface area contributed by atoms with Gasteiger partial charge in [0.05, 0.1) is 5.92 Å². The molecule has 2 saturated carbocycles. The zero-order valence-electron chi connectivity index (χ0n) is 18.8. The van der Waals surface area contributed by atoms with Crippen molar-refractivity contribution >= 4 is 17.6 Å². The van der Waals surface area contributed by atoms with E-state index < -0.39 is 0 Å². The predicted molar refractivity (Wildman–Crippen MR) is 123 cm³/mol. The summed E-state index contributed by atoms with van der Waals surface area (Å²) < 4.78 is 0. The van der Waals surface area contributed by atoms with Gasteiger partial charge >= 0.3 is 0 Å². The van der Waals surface area contributed by atoms with Crippen LogP contribution in [0.5, 0.6) is 0 Å². The van der Waals surface area contributed by atoms with Crippen LogP contribution in [0.15, 0.2) is 35.4 Å². The number of benzene rings is 1. The van der Waals surface area contributed by atoms with Gasteiger partial charge in [-0.3, -0.25) is 19.9 Å². The molecule has 2 aliphatic heterocycles. The molecule has 3 atom stereocenters. The Kier molecular flexibility index (Phi) is 6.32. The summed E-state index contributed by atoms with van der Waals surface area (Å²) in [4.78, 5) is 30.3. The molecule has 1 aromatic rings. The highest BCUT2D eigenvalue weighted by Gasteiger charge is 2.50. The van der Waals surface area contributed by atoms with Crippen molar-refractivity contribution in [2.24, 2.45) is 11.0 Å². The first-order valence-electron chi connectivity index (χ1n) is 12.4. The van der Waals surface area contributed by atoms with Gasteiger partial charge in [0.1, 0.15) is 5.84 Å². The molecule has 2 aliphatic carbocycles. The highest BCUT2D eigenvalue weighted by molar-refractivity contribution is 5.91. The lowest BCUT2D eigenvalue weighted by Gasteiger charge is -2.50. The van der Waals surface area contributed by atoms with E-state index in [0.29, 0.717) is 25.4 Å². The molecule has 4 aliphatic rings. The second-order valence-corrected chi connectivity index (χ2v) is 9.75. The fourth-order valence-corrected chi connectivity index (χ4v) is 5.95. The largest absolute Gasteiger partial charge is 0.353 e. The molecule has 7 heteroatoms. The molecule has 0 spiro atoms. The molecule has 3 fully saturated rings. The number of fused-ring (bicyclic) bond motifs is 3. The Hall–Kier alpha value is -2.57. The van der Waals surface area contributed by atoms with Crippen molar-refractivity contribution in [3.63, 3.8) is 0 Å². The number of amides is 2. The smallest absolute Gasteiger partial charge is 0.231 e. The van der Waals surface area contributed by atoms with Gasteiger partial charge in [-0.1, -0.05) is 62.4 Å². The number of rotatable bonds is 6. The fraction of sp³-hybridized carbons (Fsp3) is 0.640. The highest BCUT2D eigenvalue weighted by atomic mass is 16.2. The lowest BCUT2D eigenvalue weighted by atomic mass is 9.80. The molecule has 2 amide bonds. The summed E-state index contributed by atoms with van der Waals surface area (Å²) in [7, 11) is 0. The molecule has 1 saturated heterocycles. The summed E-state index contributed by atoms with van der Waals surface area (Å²) in [6, 6.07) is 10.7. The normalized spacial score (nSPS) is 27.9. The maximum Gasteiger partial charge on any atom is 0.231 e. The van der Waals surface area contributed by atoms with E-state index >= 15 is 0 Å². The van der Waals surface area contributed by atoms with Crippen molar-refractivity contribution < 1.29 is 9.59 Å². The van der Waals surface area contributed by atoms with Crippen molar-refractivity contribution in [2.45, 2.75) is 95.5 Å². The third-order valence-electron chi connectivity index (χ3n) is 7.59. The summed E-state index contributed by atoms with van der Waals surface area (Å²) >= 11 is 0. The van der Waals surface area contributed by atoms with E-state index in [2.05, 4.69) is 32.9 Å². The van der Waals surface area contributed by atoms with Crippen LogP contribution < -0.4 is 10.7 Å². The van der Waals surface area contributed by atoms with Crippen LogP contribution in [-0.2, 0) is 16.1 Å². The molecule has 32 heavy (non-hydrogen) atoms. The van der Waals surface area contributed by atoms with Crippen LogP contribution in [-0.4, -0.2) is 45.8 Å². The second-order valence-electron chi connectivity index (χ2n) is 9.75. The Bertz CT molecular complexity index is 851. The topological polar surface area (TPSA) is 77.0 Å². The molecule has 0 bridgehead atoms. The van der Waals surface area contributed by atoms with E-state index in [0.717, 1.165) is 49.9 Å². The van der Waals surface area contributed by atoms with E-state index in [9.17, 15) is 9.59 Å². The number of nitrogens with zero attached hydrogens (tertiary/aromatic N) is 3. The van der Waals surface area contributed by atoms with Gasteiger partial charge in [0.25, 0.3) is 0 Å². The summed E-state index contributed by atoms with van der Waals surface area (Å²) in [6.07, 6.45) is 10.9. The number of hydrazone groups is 1. The minimum Gasteiger partial charge on any atom is -0.353 e. The van der Waals surface area contributed by atoms with Crippen molar-refractivity contribution in [3.05, 3.63) is 35.9 Å². The SMILES string of the molecule is O=C(CCC1=NNC2N(Cc3ccccc3)C(=O)C3CCCCC3N12)NC1CCCCC1. The second kappa shape index (κ2) is 9.51. The molecule has 1 aromatic carbocycles. The zero-order chi connectivity index (χ0) is 21.9. The summed E-state index contributed by atoms with van der Waals surface area (Å²) in [6.45, 7) is 0.571. The van der Waals surface area contributed by atoms with E-state index in [1.807, 2.05) is 23.1 Å². The number of carbonyl (C=O) groups excluding carboxylic acids is 2. The Morgan fingerprint density at radius 1 is 1.03 bits per heavy atom.